The van der Waals surface area contributed by atoms with Gasteiger partial charge in [-0.05, 0) is 56.8 Å². The van der Waals surface area contributed by atoms with E-state index in [2.05, 4.69) is 59.3 Å². The Morgan fingerprint density at radius 3 is 2.77 bits per heavy atom. The third-order valence-electron chi connectivity index (χ3n) is 6.74. The van der Waals surface area contributed by atoms with Crippen molar-refractivity contribution in [3.05, 3.63) is 59.4 Å². The molecule has 2 aliphatic heterocycles. The van der Waals surface area contributed by atoms with Crippen molar-refractivity contribution in [2.45, 2.75) is 51.1 Å². The summed E-state index contributed by atoms with van der Waals surface area (Å²) in [5, 5.41) is 3.56. The van der Waals surface area contributed by atoms with Crippen molar-refractivity contribution in [1.29, 1.82) is 0 Å². The molecule has 1 aromatic heterocycles. The maximum atomic E-state index is 12.5. The van der Waals surface area contributed by atoms with Crippen molar-refractivity contribution in [1.82, 2.24) is 14.9 Å². The Bertz CT molecular complexity index is 1090. The fourth-order valence-corrected chi connectivity index (χ4v) is 5.19. The molecule has 0 bridgehead atoms. The Balaban J connectivity index is 1.66. The Morgan fingerprint density at radius 1 is 1.19 bits per heavy atom. The first kappa shape index (κ1) is 20.1. The molecular formula is C25H30N4O2. The van der Waals surface area contributed by atoms with Gasteiger partial charge >= 0.3 is 6.09 Å². The van der Waals surface area contributed by atoms with E-state index in [4.69, 9.17) is 9.72 Å². The van der Waals surface area contributed by atoms with Crippen LogP contribution in [0.2, 0.25) is 0 Å². The molecule has 0 radical (unpaired) electrons. The fourth-order valence-electron chi connectivity index (χ4n) is 5.19. The van der Waals surface area contributed by atoms with Crippen LogP contribution < -0.4 is 10.2 Å². The van der Waals surface area contributed by atoms with E-state index in [0.29, 0.717) is 6.04 Å². The van der Waals surface area contributed by atoms with Gasteiger partial charge in [-0.2, -0.15) is 0 Å². The number of piperidine rings is 1. The first-order valence-corrected chi connectivity index (χ1v) is 11.3. The van der Waals surface area contributed by atoms with Gasteiger partial charge in [0.25, 0.3) is 0 Å². The molecule has 2 atom stereocenters. The second-order valence-electron chi connectivity index (χ2n) is 8.72. The quantitative estimate of drug-likeness (QED) is 0.682. The van der Waals surface area contributed by atoms with Crippen LogP contribution in [0.15, 0.2) is 42.5 Å². The van der Waals surface area contributed by atoms with E-state index >= 15 is 0 Å². The number of hydrogen-bond donors (Lipinski definition) is 1. The Hall–Kier alpha value is -2.86. The van der Waals surface area contributed by atoms with Crippen LogP contribution in [0.4, 0.5) is 10.5 Å². The largest absolute Gasteiger partial charge is 0.452 e. The van der Waals surface area contributed by atoms with Crippen LogP contribution in [0, 0.1) is 0 Å². The highest BCUT2D eigenvalue weighted by Crippen LogP contribution is 2.38. The first-order chi connectivity index (χ1) is 15.2. The minimum atomic E-state index is -0.298. The molecule has 0 saturated carbocycles. The van der Waals surface area contributed by atoms with E-state index in [1.165, 1.54) is 24.6 Å². The summed E-state index contributed by atoms with van der Waals surface area (Å²) in [6.45, 7) is 4.13. The Kier molecular flexibility index (Phi) is 5.40. The fraction of sp³-hybridized carbons (Fsp3) is 0.440. The topological polar surface area (TPSA) is 59.4 Å². The van der Waals surface area contributed by atoms with Crippen LogP contribution in [0.1, 0.15) is 49.2 Å². The monoisotopic (exact) mass is 418 g/mol. The summed E-state index contributed by atoms with van der Waals surface area (Å²) in [5.74, 6) is 1.10. The van der Waals surface area contributed by atoms with Crippen molar-refractivity contribution in [3.8, 4) is 0 Å². The average Bonchev–Trinajstić information content (AvgIpc) is 3.17. The summed E-state index contributed by atoms with van der Waals surface area (Å²) in [6.07, 6.45) is 4.67. The van der Waals surface area contributed by atoms with Gasteiger partial charge in [0.2, 0.25) is 0 Å². The number of carbonyl (C=O) groups excluding carboxylic acids is 1. The maximum Gasteiger partial charge on any atom is 0.414 e. The van der Waals surface area contributed by atoms with Crippen molar-refractivity contribution in [3.63, 3.8) is 0 Å². The van der Waals surface area contributed by atoms with E-state index in [-0.39, 0.29) is 12.1 Å². The summed E-state index contributed by atoms with van der Waals surface area (Å²) in [7, 11) is 1.45. The molecule has 2 aliphatic rings. The minimum absolute atomic E-state index is 0.116. The zero-order chi connectivity index (χ0) is 21.4. The highest BCUT2D eigenvalue weighted by molar-refractivity contribution is 5.95. The molecule has 31 heavy (non-hydrogen) atoms. The lowest BCUT2D eigenvalue weighted by Crippen LogP contribution is -2.42. The third kappa shape index (κ3) is 3.59. The van der Waals surface area contributed by atoms with Crippen LogP contribution in [0.3, 0.4) is 0 Å². The average molecular weight is 419 g/mol. The molecule has 162 valence electrons. The van der Waals surface area contributed by atoms with Crippen molar-refractivity contribution >= 4 is 22.8 Å². The lowest BCUT2D eigenvalue weighted by atomic mass is 9.95. The van der Waals surface area contributed by atoms with Gasteiger partial charge in [0.1, 0.15) is 5.82 Å². The number of carbonyl (C=O) groups is 1. The van der Waals surface area contributed by atoms with Gasteiger partial charge in [-0.15, -0.1) is 0 Å². The van der Waals surface area contributed by atoms with Gasteiger partial charge in [0, 0.05) is 30.6 Å². The number of fused-ring (bicyclic) bond motifs is 3. The number of aryl methyl sites for hydroxylation is 1. The third-order valence-corrected chi connectivity index (χ3v) is 6.74. The number of anilines is 1. The number of rotatable bonds is 3. The molecule has 0 unspecified atom stereocenters. The molecule has 1 saturated heterocycles. The number of amides is 1. The van der Waals surface area contributed by atoms with E-state index in [1.54, 1.807) is 4.90 Å². The standard InChI is InChI=1S/C25H30N4O2/c1-17-10-11-20-21(28(17)25(30)31-2)12-13-22-24(20)27-23(15-18-7-4-3-5-8-18)29(22)19-9-6-14-26-16-19/h3-5,7-8,12-13,17,19,26H,6,9-11,14-16H2,1-2H3/t17-,19+/m0/s1. The number of benzene rings is 2. The predicted molar refractivity (Wildman–Crippen MR) is 123 cm³/mol. The number of aromatic nitrogens is 2. The number of hydrogen-bond acceptors (Lipinski definition) is 4. The van der Waals surface area contributed by atoms with Crippen LogP contribution >= 0.6 is 0 Å². The predicted octanol–water partition coefficient (Wildman–Crippen LogP) is 4.46. The summed E-state index contributed by atoms with van der Waals surface area (Å²) in [5.41, 5.74) is 5.59. The highest BCUT2D eigenvalue weighted by atomic mass is 16.5. The van der Waals surface area contributed by atoms with Crippen molar-refractivity contribution in [2.24, 2.45) is 0 Å². The van der Waals surface area contributed by atoms with Gasteiger partial charge in [-0.3, -0.25) is 4.90 Å². The summed E-state index contributed by atoms with van der Waals surface area (Å²) >= 11 is 0. The lowest BCUT2D eigenvalue weighted by molar-refractivity contribution is 0.175. The van der Waals surface area contributed by atoms with Gasteiger partial charge in [0.05, 0.1) is 23.8 Å². The number of ether oxygens (including phenoxy) is 1. The SMILES string of the molecule is COC(=O)N1c2ccc3c(nc(Cc4ccccc4)n3[C@@H]3CCCNC3)c2CC[C@@H]1C. The van der Waals surface area contributed by atoms with E-state index in [9.17, 15) is 4.79 Å². The van der Waals surface area contributed by atoms with Crippen molar-refractivity contribution in [2.75, 3.05) is 25.1 Å². The van der Waals surface area contributed by atoms with Crippen LogP contribution in [0.5, 0.6) is 0 Å². The number of nitrogens with zero attached hydrogens (tertiary/aromatic N) is 3. The number of methoxy groups -OCH3 is 1. The molecule has 1 amide bonds. The van der Waals surface area contributed by atoms with Gasteiger partial charge < -0.3 is 14.6 Å². The van der Waals surface area contributed by atoms with Gasteiger partial charge in [0.15, 0.2) is 0 Å². The normalized spacial score (nSPS) is 21.2. The molecule has 6 nitrogen and oxygen atoms in total. The molecule has 5 rings (SSSR count). The van der Waals surface area contributed by atoms with E-state index in [0.717, 1.165) is 61.4 Å². The molecular weight excluding hydrogens is 388 g/mol. The molecule has 3 heterocycles. The van der Waals surface area contributed by atoms with Crippen molar-refractivity contribution < 1.29 is 9.53 Å². The summed E-state index contributed by atoms with van der Waals surface area (Å²) < 4.78 is 7.54. The zero-order valence-electron chi connectivity index (χ0n) is 18.3. The molecule has 3 aromatic rings. The second-order valence-corrected chi connectivity index (χ2v) is 8.72. The molecule has 0 aliphatic carbocycles. The molecule has 6 heteroatoms. The number of imidazole rings is 1. The zero-order valence-corrected chi connectivity index (χ0v) is 18.3. The van der Waals surface area contributed by atoms with Crippen LogP contribution in [-0.4, -0.2) is 41.9 Å². The first-order valence-electron chi connectivity index (χ1n) is 11.3. The highest BCUT2D eigenvalue weighted by Gasteiger charge is 2.32. The number of nitrogens with one attached hydrogen (secondary N) is 1. The maximum absolute atomic E-state index is 12.5. The van der Waals surface area contributed by atoms with E-state index < -0.39 is 0 Å². The summed E-state index contributed by atoms with van der Waals surface area (Å²) in [6, 6.07) is 15.3. The molecule has 1 fully saturated rings. The smallest absolute Gasteiger partial charge is 0.414 e. The van der Waals surface area contributed by atoms with Gasteiger partial charge in [-0.1, -0.05) is 30.3 Å². The lowest BCUT2D eigenvalue weighted by Gasteiger charge is -2.34. The minimum Gasteiger partial charge on any atom is -0.452 e. The van der Waals surface area contributed by atoms with Crippen LogP contribution in [-0.2, 0) is 17.6 Å². The van der Waals surface area contributed by atoms with Crippen LogP contribution in [0.25, 0.3) is 11.0 Å². The van der Waals surface area contributed by atoms with Gasteiger partial charge in [-0.25, -0.2) is 9.78 Å². The second kappa shape index (κ2) is 8.35. The van der Waals surface area contributed by atoms with E-state index in [1.807, 2.05) is 0 Å². The molecule has 1 N–H and O–H groups in total. The molecule has 2 aromatic carbocycles. The Morgan fingerprint density at radius 2 is 2.03 bits per heavy atom. The Labute approximate surface area is 183 Å². The summed E-state index contributed by atoms with van der Waals surface area (Å²) in [4.78, 5) is 19.5. The molecule has 0 spiro atoms.